The van der Waals surface area contributed by atoms with Crippen LogP contribution in [-0.4, -0.2) is 44.0 Å². The number of methoxy groups -OCH3 is 2. The van der Waals surface area contributed by atoms with Gasteiger partial charge < -0.3 is 19.5 Å². The molecule has 3 amide bonds. The first-order chi connectivity index (χ1) is 15.9. The molecule has 0 atom stereocenters. The summed E-state index contributed by atoms with van der Waals surface area (Å²) in [6, 6.07) is 14.1. The SMILES string of the molecule is CNC(=O)c1cc(Oc2ccc(C(=O)NNC(=O)c3cc(OC)ccc3OC)cc2)ccn1. The molecule has 3 aromatic rings. The summed E-state index contributed by atoms with van der Waals surface area (Å²) in [5.74, 6) is 0.248. The van der Waals surface area contributed by atoms with E-state index in [2.05, 4.69) is 21.2 Å². The average Bonchev–Trinajstić information content (AvgIpc) is 2.86. The number of ether oxygens (including phenoxy) is 3. The normalized spacial score (nSPS) is 10.0. The Morgan fingerprint density at radius 2 is 1.45 bits per heavy atom. The Bertz CT molecular complexity index is 1160. The van der Waals surface area contributed by atoms with Crippen molar-refractivity contribution >= 4 is 17.7 Å². The largest absolute Gasteiger partial charge is 0.497 e. The standard InChI is InChI=1S/C23H22N4O6/c1-24-23(30)19-13-17(10-11-25-19)33-15-6-4-14(5-7-15)21(28)26-27-22(29)18-12-16(31-2)8-9-20(18)32-3/h4-13H,1-3H3,(H,24,30)(H,26,28)(H,27,29). The second-order valence-corrected chi connectivity index (χ2v) is 6.56. The zero-order valence-electron chi connectivity index (χ0n) is 18.2. The molecule has 0 unspecified atom stereocenters. The van der Waals surface area contributed by atoms with Crippen molar-refractivity contribution in [1.82, 2.24) is 21.2 Å². The number of hydrogen-bond donors (Lipinski definition) is 3. The number of benzene rings is 2. The van der Waals surface area contributed by atoms with Crippen molar-refractivity contribution in [2.24, 2.45) is 0 Å². The van der Waals surface area contributed by atoms with Crippen molar-refractivity contribution in [3.63, 3.8) is 0 Å². The number of rotatable bonds is 7. The number of hydrazine groups is 1. The molecule has 3 rings (SSSR count). The van der Waals surface area contributed by atoms with Crippen molar-refractivity contribution < 1.29 is 28.6 Å². The summed E-state index contributed by atoms with van der Waals surface area (Å²) in [4.78, 5) is 40.5. The maximum Gasteiger partial charge on any atom is 0.273 e. The van der Waals surface area contributed by atoms with Crippen molar-refractivity contribution in [3.05, 3.63) is 77.6 Å². The molecule has 1 heterocycles. The van der Waals surface area contributed by atoms with Gasteiger partial charge in [0.1, 0.15) is 28.7 Å². The van der Waals surface area contributed by atoms with Gasteiger partial charge in [0.05, 0.1) is 19.8 Å². The van der Waals surface area contributed by atoms with E-state index in [0.717, 1.165) is 0 Å². The molecule has 10 heteroatoms. The van der Waals surface area contributed by atoms with Crippen LogP contribution >= 0.6 is 0 Å². The van der Waals surface area contributed by atoms with E-state index >= 15 is 0 Å². The van der Waals surface area contributed by atoms with Crippen molar-refractivity contribution in [1.29, 1.82) is 0 Å². The molecule has 0 saturated heterocycles. The third-order valence-corrected chi connectivity index (χ3v) is 4.48. The van der Waals surface area contributed by atoms with E-state index in [1.807, 2.05) is 0 Å². The van der Waals surface area contributed by atoms with Gasteiger partial charge in [-0.05, 0) is 48.5 Å². The van der Waals surface area contributed by atoms with E-state index < -0.39 is 11.8 Å². The van der Waals surface area contributed by atoms with Gasteiger partial charge in [-0.1, -0.05) is 0 Å². The number of hydrogen-bond acceptors (Lipinski definition) is 7. The van der Waals surface area contributed by atoms with Crippen LogP contribution in [0, 0.1) is 0 Å². The fourth-order valence-electron chi connectivity index (χ4n) is 2.78. The Hall–Kier alpha value is -4.60. The van der Waals surface area contributed by atoms with Crippen LogP contribution in [0.2, 0.25) is 0 Å². The predicted octanol–water partition coefficient (Wildman–Crippen LogP) is 2.33. The second kappa shape index (κ2) is 10.6. The smallest absolute Gasteiger partial charge is 0.273 e. The second-order valence-electron chi connectivity index (χ2n) is 6.56. The van der Waals surface area contributed by atoms with Crippen LogP contribution in [0.15, 0.2) is 60.8 Å². The summed E-state index contributed by atoms with van der Waals surface area (Å²) in [7, 11) is 4.43. The van der Waals surface area contributed by atoms with E-state index in [1.54, 1.807) is 30.3 Å². The fourth-order valence-corrected chi connectivity index (χ4v) is 2.78. The molecule has 1 aromatic heterocycles. The highest BCUT2D eigenvalue weighted by Crippen LogP contribution is 2.24. The molecule has 33 heavy (non-hydrogen) atoms. The van der Waals surface area contributed by atoms with E-state index in [1.165, 1.54) is 51.7 Å². The molecular weight excluding hydrogens is 428 g/mol. The molecule has 0 aliphatic rings. The Kier molecular flexibility index (Phi) is 7.43. The van der Waals surface area contributed by atoms with E-state index in [9.17, 15) is 14.4 Å². The number of pyridine rings is 1. The van der Waals surface area contributed by atoms with Crippen LogP contribution < -0.4 is 30.4 Å². The summed E-state index contributed by atoms with van der Waals surface area (Å²) < 4.78 is 16.0. The zero-order valence-corrected chi connectivity index (χ0v) is 18.2. The number of nitrogens with one attached hydrogen (secondary N) is 3. The monoisotopic (exact) mass is 450 g/mol. The maximum atomic E-state index is 12.5. The molecule has 0 aliphatic heterocycles. The third-order valence-electron chi connectivity index (χ3n) is 4.48. The van der Waals surface area contributed by atoms with E-state index in [4.69, 9.17) is 14.2 Å². The van der Waals surface area contributed by atoms with Gasteiger partial charge in [0.25, 0.3) is 17.7 Å². The topological polar surface area (TPSA) is 128 Å². The van der Waals surface area contributed by atoms with Gasteiger partial charge in [0.15, 0.2) is 0 Å². The number of carbonyl (C=O) groups excluding carboxylic acids is 3. The van der Waals surface area contributed by atoms with Gasteiger partial charge in [0, 0.05) is 24.9 Å². The Labute approximate surface area is 189 Å². The highest BCUT2D eigenvalue weighted by Gasteiger charge is 2.15. The lowest BCUT2D eigenvalue weighted by atomic mass is 10.2. The van der Waals surface area contributed by atoms with Gasteiger partial charge in [-0.2, -0.15) is 0 Å². The molecule has 2 aromatic carbocycles. The molecule has 170 valence electrons. The fraction of sp³-hybridized carbons (Fsp3) is 0.130. The lowest BCUT2D eigenvalue weighted by Crippen LogP contribution is -2.41. The molecule has 0 spiro atoms. The van der Waals surface area contributed by atoms with Crippen molar-refractivity contribution in [2.45, 2.75) is 0 Å². The van der Waals surface area contributed by atoms with Crippen molar-refractivity contribution in [2.75, 3.05) is 21.3 Å². The number of carbonyl (C=O) groups is 3. The van der Waals surface area contributed by atoms with Crippen LogP contribution in [-0.2, 0) is 0 Å². The van der Waals surface area contributed by atoms with Gasteiger partial charge in [-0.25, -0.2) is 0 Å². The summed E-state index contributed by atoms with van der Waals surface area (Å²) in [5.41, 5.74) is 5.42. The third kappa shape index (κ3) is 5.76. The first-order valence-corrected chi connectivity index (χ1v) is 9.74. The molecule has 0 bridgehead atoms. The summed E-state index contributed by atoms with van der Waals surface area (Å²) >= 11 is 0. The molecular formula is C23H22N4O6. The predicted molar refractivity (Wildman–Crippen MR) is 119 cm³/mol. The molecule has 0 radical (unpaired) electrons. The highest BCUT2D eigenvalue weighted by atomic mass is 16.5. The van der Waals surface area contributed by atoms with Crippen LogP contribution in [0.4, 0.5) is 0 Å². The zero-order chi connectivity index (χ0) is 23.8. The van der Waals surface area contributed by atoms with E-state index in [-0.39, 0.29) is 17.2 Å². The quantitative estimate of drug-likeness (QED) is 0.471. The molecule has 0 aliphatic carbocycles. The van der Waals surface area contributed by atoms with Gasteiger partial charge in [0.2, 0.25) is 0 Å². The van der Waals surface area contributed by atoms with Crippen LogP contribution in [0.5, 0.6) is 23.0 Å². The lowest BCUT2D eigenvalue weighted by molar-refractivity contribution is 0.0844. The summed E-state index contributed by atoms with van der Waals surface area (Å²) in [5, 5.41) is 2.49. The molecule has 3 N–H and O–H groups in total. The molecule has 0 saturated carbocycles. The summed E-state index contributed by atoms with van der Waals surface area (Å²) in [6.07, 6.45) is 1.46. The van der Waals surface area contributed by atoms with Gasteiger partial charge in [-0.15, -0.1) is 0 Å². The lowest BCUT2D eigenvalue weighted by Gasteiger charge is -2.12. The van der Waals surface area contributed by atoms with Gasteiger partial charge in [-0.3, -0.25) is 30.2 Å². The van der Waals surface area contributed by atoms with Gasteiger partial charge >= 0.3 is 0 Å². The van der Waals surface area contributed by atoms with Crippen LogP contribution in [0.1, 0.15) is 31.2 Å². The number of aromatic nitrogens is 1. The maximum absolute atomic E-state index is 12.5. The Balaban J connectivity index is 1.62. The summed E-state index contributed by atoms with van der Waals surface area (Å²) in [6.45, 7) is 0. The van der Waals surface area contributed by atoms with Crippen molar-refractivity contribution in [3.8, 4) is 23.0 Å². The highest BCUT2D eigenvalue weighted by molar-refractivity contribution is 6.00. The molecule has 0 fully saturated rings. The van der Waals surface area contributed by atoms with E-state index in [0.29, 0.717) is 28.6 Å². The average molecular weight is 450 g/mol. The first-order valence-electron chi connectivity index (χ1n) is 9.74. The molecule has 10 nitrogen and oxygen atoms in total. The van der Waals surface area contributed by atoms with Crippen LogP contribution in [0.3, 0.4) is 0 Å². The Morgan fingerprint density at radius 1 is 0.758 bits per heavy atom. The first kappa shape index (κ1) is 23.1. The minimum absolute atomic E-state index is 0.203. The minimum Gasteiger partial charge on any atom is -0.497 e. The number of nitrogens with zero attached hydrogens (tertiary/aromatic N) is 1. The minimum atomic E-state index is -0.566. The number of amides is 3. The Morgan fingerprint density at radius 3 is 2.12 bits per heavy atom. The van der Waals surface area contributed by atoms with Crippen LogP contribution in [0.25, 0.3) is 0 Å².